The Hall–Kier alpha value is -3.16. The van der Waals surface area contributed by atoms with Gasteiger partial charge in [-0.1, -0.05) is 0 Å². The summed E-state index contributed by atoms with van der Waals surface area (Å²) in [6.07, 6.45) is 1.40. The molecule has 1 amide bonds. The Balaban J connectivity index is 2.16. The molecule has 0 bridgehead atoms. The molecular weight excluding hydrogens is 548 g/mol. The van der Waals surface area contributed by atoms with E-state index in [9.17, 15) is 19.6 Å². The highest BCUT2D eigenvalue weighted by Crippen LogP contribution is 2.35. The number of halogens is 2. The van der Waals surface area contributed by atoms with Gasteiger partial charge in [0.15, 0.2) is 6.61 Å². The Kier molecular flexibility index (Phi) is 9.43. The summed E-state index contributed by atoms with van der Waals surface area (Å²) in [5.41, 5.74) is 1.17. The fourth-order valence-corrected chi connectivity index (χ4v) is 3.86. The standard InChI is InChI=1S/C22H18Br2N2O6/c1-3-31-22(29)14-4-6-16(7-5-14)26-21(28)15(11-25)8-13-9-17(23)20(18(24)10-13)32-12-19(27)30-2/h4-10H,3,12H2,1-2H3,(H,26,28)/b15-8+. The molecule has 0 saturated heterocycles. The Labute approximate surface area is 201 Å². The van der Waals surface area contributed by atoms with Gasteiger partial charge in [-0.25, -0.2) is 9.59 Å². The number of esters is 2. The first-order valence-electron chi connectivity index (χ1n) is 9.18. The molecule has 1 N–H and O–H groups in total. The zero-order valence-corrected chi connectivity index (χ0v) is 20.3. The maximum Gasteiger partial charge on any atom is 0.343 e. The molecule has 0 aromatic heterocycles. The molecule has 10 heteroatoms. The number of rotatable bonds is 8. The second kappa shape index (κ2) is 12.0. The van der Waals surface area contributed by atoms with E-state index < -0.39 is 17.8 Å². The SMILES string of the molecule is CCOC(=O)c1ccc(NC(=O)/C(C#N)=C/c2cc(Br)c(OCC(=O)OC)c(Br)c2)cc1. The zero-order chi connectivity index (χ0) is 23.7. The van der Waals surface area contributed by atoms with Crippen LogP contribution >= 0.6 is 31.9 Å². The number of carbonyl (C=O) groups excluding carboxylic acids is 3. The number of benzene rings is 2. The molecule has 0 saturated carbocycles. The van der Waals surface area contributed by atoms with E-state index in [0.29, 0.717) is 31.5 Å². The van der Waals surface area contributed by atoms with E-state index in [1.807, 2.05) is 6.07 Å². The predicted molar refractivity (Wildman–Crippen MR) is 124 cm³/mol. The second-order valence-electron chi connectivity index (χ2n) is 6.10. The van der Waals surface area contributed by atoms with Crippen LogP contribution in [0.25, 0.3) is 6.08 Å². The molecule has 0 aliphatic heterocycles. The van der Waals surface area contributed by atoms with Crippen LogP contribution in [0.5, 0.6) is 5.75 Å². The van der Waals surface area contributed by atoms with Crippen molar-refractivity contribution in [2.75, 3.05) is 25.6 Å². The molecule has 2 aromatic carbocycles. The number of anilines is 1. The maximum absolute atomic E-state index is 12.5. The average Bonchev–Trinajstić information content (AvgIpc) is 2.77. The van der Waals surface area contributed by atoms with Crippen LogP contribution in [0.3, 0.4) is 0 Å². The smallest absolute Gasteiger partial charge is 0.343 e. The molecule has 0 heterocycles. The van der Waals surface area contributed by atoms with Gasteiger partial charge >= 0.3 is 11.9 Å². The molecular formula is C22H18Br2N2O6. The van der Waals surface area contributed by atoms with Gasteiger partial charge in [0.1, 0.15) is 17.4 Å². The number of nitrogens with zero attached hydrogens (tertiary/aromatic N) is 1. The van der Waals surface area contributed by atoms with E-state index in [-0.39, 0.29) is 18.8 Å². The highest BCUT2D eigenvalue weighted by atomic mass is 79.9. The fourth-order valence-electron chi connectivity index (χ4n) is 2.41. The Morgan fingerprint density at radius 1 is 1.12 bits per heavy atom. The lowest BCUT2D eigenvalue weighted by molar-refractivity contribution is -0.142. The summed E-state index contributed by atoms with van der Waals surface area (Å²) in [4.78, 5) is 35.5. The number of carbonyl (C=O) groups is 3. The Morgan fingerprint density at radius 2 is 1.75 bits per heavy atom. The van der Waals surface area contributed by atoms with Gasteiger partial charge in [0, 0.05) is 5.69 Å². The van der Waals surface area contributed by atoms with Crippen molar-refractivity contribution in [3.8, 4) is 11.8 Å². The molecule has 32 heavy (non-hydrogen) atoms. The van der Waals surface area contributed by atoms with Crippen LogP contribution in [-0.2, 0) is 19.1 Å². The van der Waals surface area contributed by atoms with E-state index >= 15 is 0 Å². The van der Waals surface area contributed by atoms with Gasteiger partial charge < -0.3 is 19.5 Å². The molecule has 0 aliphatic carbocycles. The topological polar surface area (TPSA) is 115 Å². The molecule has 0 aliphatic rings. The summed E-state index contributed by atoms with van der Waals surface area (Å²) in [5, 5.41) is 12.0. The second-order valence-corrected chi connectivity index (χ2v) is 7.81. The van der Waals surface area contributed by atoms with Crippen LogP contribution in [0.2, 0.25) is 0 Å². The first-order chi connectivity index (χ1) is 15.3. The fraction of sp³-hybridized carbons (Fsp3) is 0.182. The van der Waals surface area contributed by atoms with Crippen molar-refractivity contribution in [3.63, 3.8) is 0 Å². The Bertz CT molecular complexity index is 1070. The maximum atomic E-state index is 12.5. The highest BCUT2D eigenvalue weighted by Gasteiger charge is 2.14. The minimum atomic E-state index is -0.616. The highest BCUT2D eigenvalue weighted by molar-refractivity contribution is 9.11. The van der Waals surface area contributed by atoms with Crippen molar-refractivity contribution in [1.29, 1.82) is 5.26 Å². The summed E-state index contributed by atoms with van der Waals surface area (Å²) in [5.74, 6) is -1.24. The zero-order valence-electron chi connectivity index (χ0n) is 17.1. The van der Waals surface area contributed by atoms with E-state index in [1.54, 1.807) is 31.2 Å². The molecule has 2 aromatic rings. The quantitative estimate of drug-likeness (QED) is 0.285. The molecule has 0 fully saturated rings. The molecule has 0 spiro atoms. The van der Waals surface area contributed by atoms with Gasteiger partial charge in [0.25, 0.3) is 5.91 Å². The molecule has 0 unspecified atom stereocenters. The normalized spacial score (nSPS) is 10.7. The van der Waals surface area contributed by atoms with Crippen LogP contribution in [0.1, 0.15) is 22.8 Å². The first kappa shape index (κ1) is 25.1. The van der Waals surface area contributed by atoms with Crippen molar-refractivity contribution >= 4 is 61.5 Å². The van der Waals surface area contributed by atoms with Gasteiger partial charge in [-0.15, -0.1) is 0 Å². The summed E-state index contributed by atoms with van der Waals surface area (Å²) >= 11 is 6.69. The summed E-state index contributed by atoms with van der Waals surface area (Å²) in [6.45, 7) is 1.70. The van der Waals surface area contributed by atoms with Gasteiger partial charge in [0.05, 0.1) is 28.2 Å². The van der Waals surface area contributed by atoms with Gasteiger partial charge in [-0.3, -0.25) is 4.79 Å². The van der Waals surface area contributed by atoms with Crippen molar-refractivity contribution in [3.05, 3.63) is 62.0 Å². The van der Waals surface area contributed by atoms with Crippen LogP contribution in [-0.4, -0.2) is 38.2 Å². The minimum absolute atomic E-state index is 0.138. The monoisotopic (exact) mass is 564 g/mol. The van der Waals surface area contributed by atoms with Crippen LogP contribution in [0.15, 0.2) is 50.9 Å². The van der Waals surface area contributed by atoms with E-state index in [1.165, 1.54) is 25.3 Å². The number of amides is 1. The lowest BCUT2D eigenvalue weighted by Crippen LogP contribution is -2.14. The number of nitrogens with one attached hydrogen (secondary N) is 1. The Morgan fingerprint density at radius 3 is 2.28 bits per heavy atom. The van der Waals surface area contributed by atoms with Gasteiger partial charge in [-0.2, -0.15) is 5.26 Å². The average molecular weight is 566 g/mol. The first-order valence-corrected chi connectivity index (χ1v) is 10.8. The third-order valence-corrected chi connectivity index (χ3v) is 5.09. The number of hydrogen-bond donors (Lipinski definition) is 1. The van der Waals surface area contributed by atoms with Gasteiger partial charge in [-0.05, 0) is 86.8 Å². The molecule has 8 nitrogen and oxygen atoms in total. The number of methoxy groups -OCH3 is 1. The minimum Gasteiger partial charge on any atom is -0.480 e. The summed E-state index contributed by atoms with van der Waals surface area (Å²) < 4.78 is 15.9. The summed E-state index contributed by atoms with van der Waals surface area (Å²) in [7, 11) is 1.26. The van der Waals surface area contributed by atoms with Gasteiger partial charge in [0.2, 0.25) is 0 Å². The van der Waals surface area contributed by atoms with Crippen molar-refractivity contribution in [2.24, 2.45) is 0 Å². The van der Waals surface area contributed by atoms with E-state index in [4.69, 9.17) is 9.47 Å². The lowest BCUT2D eigenvalue weighted by Gasteiger charge is -2.10. The number of ether oxygens (including phenoxy) is 3. The molecule has 0 atom stereocenters. The van der Waals surface area contributed by atoms with Crippen LogP contribution in [0, 0.1) is 11.3 Å². The molecule has 166 valence electrons. The third kappa shape index (κ3) is 6.93. The molecule has 2 rings (SSSR count). The molecule has 0 radical (unpaired) electrons. The third-order valence-electron chi connectivity index (χ3n) is 3.91. The summed E-state index contributed by atoms with van der Waals surface area (Å²) in [6, 6.07) is 11.3. The lowest BCUT2D eigenvalue weighted by atomic mass is 10.1. The number of nitriles is 1. The number of hydrogen-bond acceptors (Lipinski definition) is 7. The van der Waals surface area contributed by atoms with Crippen molar-refractivity contribution in [1.82, 2.24) is 0 Å². The largest absolute Gasteiger partial charge is 0.480 e. The predicted octanol–water partition coefficient (Wildman–Crippen LogP) is 4.49. The van der Waals surface area contributed by atoms with E-state index in [0.717, 1.165) is 0 Å². The van der Waals surface area contributed by atoms with Crippen LogP contribution < -0.4 is 10.1 Å². The van der Waals surface area contributed by atoms with Crippen LogP contribution in [0.4, 0.5) is 5.69 Å². The van der Waals surface area contributed by atoms with Crippen molar-refractivity contribution < 1.29 is 28.6 Å². The van der Waals surface area contributed by atoms with Crippen molar-refractivity contribution in [2.45, 2.75) is 6.92 Å². The van der Waals surface area contributed by atoms with E-state index in [2.05, 4.69) is 41.9 Å².